The first-order valence-electron chi connectivity index (χ1n) is 7.76. The topological polar surface area (TPSA) is 62.1 Å². The molecule has 1 amide bonds. The molecule has 0 radical (unpaired) electrons. The molecule has 8 heteroatoms. The van der Waals surface area contributed by atoms with Crippen LogP contribution in [0.1, 0.15) is 18.1 Å². The molecule has 0 bridgehead atoms. The van der Waals surface area contributed by atoms with Gasteiger partial charge in [-0.15, -0.1) is 0 Å². The van der Waals surface area contributed by atoms with Crippen molar-refractivity contribution in [3.63, 3.8) is 0 Å². The maximum absolute atomic E-state index is 12.8. The number of amides is 1. The first-order chi connectivity index (χ1) is 12.7. The zero-order chi connectivity index (χ0) is 20.0. The van der Waals surface area contributed by atoms with E-state index in [9.17, 15) is 23.2 Å². The second kappa shape index (κ2) is 8.60. The summed E-state index contributed by atoms with van der Waals surface area (Å²) in [5.74, 6) is -0.374. The quantitative estimate of drug-likeness (QED) is 0.552. The number of ether oxygens (including phenoxy) is 1. The van der Waals surface area contributed by atoms with Crippen LogP contribution in [0.3, 0.4) is 0 Å². The number of nitrogens with one attached hydrogen (secondary N) is 1. The zero-order valence-corrected chi connectivity index (χ0v) is 14.9. The second-order valence-electron chi connectivity index (χ2n) is 5.36. The highest BCUT2D eigenvalue weighted by Gasteiger charge is 2.30. The Labute approximate surface area is 158 Å². The molecule has 1 N–H and O–H groups in total. The standard InChI is InChI=1S/C19H14ClF3N2O2/c1-2-27-17-8-12(7-15(20)10-17)6-13(11-24)18(26)25-16-5-3-4-14(9-16)19(21,22)23/h3-10H,2H2,1H3,(H,25,26)/b13-6+. The minimum absolute atomic E-state index is 0.0722. The largest absolute Gasteiger partial charge is 0.494 e. The molecule has 2 aromatic carbocycles. The third kappa shape index (κ3) is 5.76. The van der Waals surface area contributed by atoms with Crippen LogP contribution >= 0.6 is 11.6 Å². The van der Waals surface area contributed by atoms with Crippen LogP contribution in [0.5, 0.6) is 5.75 Å². The average Bonchev–Trinajstić information content (AvgIpc) is 2.59. The fourth-order valence-electron chi connectivity index (χ4n) is 2.20. The Morgan fingerprint density at radius 2 is 2.04 bits per heavy atom. The van der Waals surface area contributed by atoms with Crippen molar-refractivity contribution in [3.8, 4) is 11.8 Å². The van der Waals surface area contributed by atoms with E-state index in [0.717, 1.165) is 12.1 Å². The predicted octanol–water partition coefficient (Wildman–Crippen LogP) is 5.30. The number of nitrogens with zero attached hydrogens (tertiary/aromatic N) is 1. The Bertz CT molecular complexity index is 918. The number of alkyl halides is 3. The van der Waals surface area contributed by atoms with Crippen molar-refractivity contribution in [2.75, 3.05) is 11.9 Å². The van der Waals surface area contributed by atoms with Gasteiger partial charge in [-0.3, -0.25) is 4.79 Å². The van der Waals surface area contributed by atoms with E-state index in [0.29, 0.717) is 22.9 Å². The van der Waals surface area contributed by atoms with Gasteiger partial charge in [-0.2, -0.15) is 18.4 Å². The van der Waals surface area contributed by atoms with Gasteiger partial charge >= 0.3 is 6.18 Å². The van der Waals surface area contributed by atoms with Crippen LogP contribution in [-0.4, -0.2) is 12.5 Å². The Kier molecular flexibility index (Phi) is 6.48. The molecule has 27 heavy (non-hydrogen) atoms. The van der Waals surface area contributed by atoms with Crippen LogP contribution < -0.4 is 10.1 Å². The molecular weight excluding hydrogens is 381 g/mol. The number of halogens is 4. The van der Waals surface area contributed by atoms with Crippen LogP contribution in [0.4, 0.5) is 18.9 Å². The summed E-state index contributed by atoms with van der Waals surface area (Å²) in [6, 6.07) is 10.6. The van der Waals surface area contributed by atoms with Crippen LogP contribution in [0, 0.1) is 11.3 Å². The smallest absolute Gasteiger partial charge is 0.416 e. The normalized spacial score (nSPS) is 11.6. The summed E-state index contributed by atoms with van der Waals surface area (Å²) in [5.41, 5.74) is -0.824. The average molecular weight is 395 g/mol. The summed E-state index contributed by atoms with van der Waals surface area (Å²) in [4.78, 5) is 12.3. The van der Waals surface area contributed by atoms with Crippen LogP contribution in [0.2, 0.25) is 5.02 Å². The van der Waals surface area contributed by atoms with Crippen LogP contribution in [0.15, 0.2) is 48.0 Å². The van der Waals surface area contributed by atoms with Gasteiger partial charge in [-0.05, 0) is 55.0 Å². The van der Waals surface area contributed by atoms with Crippen molar-refractivity contribution in [1.82, 2.24) is 0 Å². The Morgan fingerprint density at radius 1 is 1.30 bits per heavy atom. The molecule has 0 aliphatic carbocycles. The maximum Gasteiger partial charge on any atom is 0.416 e. The molecule has 0 unspecified atom stereocenters. The SMILES string of the molecule is CCOc1cc(Cl)cc(/C=C(\C#N)C(=O)Nc2cccc(C(F)(F)F)c2)c1. The van der Waals surface area contributed by atoms with E-state index in [1.54, 1.807) is 25.1 Å². The van der Waals surface area contributed by atoms with Gasteiger partial charge < -0.3 is 10.1 Å². The van der Waals surface area contributed by atoms with E-state index >= 15 is 0 Å². The maximum atomic E-state index is 12.8. The fraction of sp³-hybridized carbons (Fsp3) is 0.158. The Morgan fingerprint density at radius 3 is 2.67 bits per heavy atom. The van der Waals surface area contributed by atoms with Crippen molar-refractivity contribution < 1.29 is 22.7 Å². The fourth-order valence-corrected chi connectivity index (χ4v) is 2.44. The Hall–Kier alpha value is -2.98. The van der Waals surface area contributed by atoms with E-state index in [1.807, 2.05) is 0 Å². The van der Waals surface area contributed by atoms with Gasteiger partial charge in [0.05, 0.1) is 12.2 Å². The van der Waals surface area contributed by atoms with Crippen molar-refractivity contribution in [2.45, 2.75) is 13.1 Å². The zero-order valence-electron chi connectivity index (χ0n) is 14.1. The monoisotopic (exact) mass is 394 g/mol. The molecule has 0 saturated carbocycles. The molecule has 0 fully saturated rings. The number of benzene rings is 2. The minimum atomic E-state index is -4.54. The number of nitriles is 1. The van der Waals surface area contributed by atoms with E-state index in [-0.39, 0.29) is 11.3 Å². The highest BCUT2D eigenvalue weighted by Crippen LogP contribution is 2.30. The summed E-state index contributed by atoms with van der Waals surface area (Å²) >= 11 is 5.98. The molecule has 0 saturated heterocycles. The lowest BCUT2D eigenvalue weighted by atomic mass is 10.1. The third-order valence-corrected chi connectivity index (χ3v) is 3.55. The molecule has 140 valence electrons. The van der Waals surface area contributed by atoms with Crippen molar-refractivity contribution in [1.29, 1.82) is 5.26 Å². The van der Waals surface area contributed by atoms with Crippen molar-refractivity contribution >= 4 is 29.3 Å². The number of carbonyl (C=O) groups excluding carboxylic acids is 1. The number of rotatable bonds is 5. The van der Waals surface area contributed by atoms with E-state index in [4.69, 9.17) is 16.3 Å². The summed E-state index contributed by atoms with van der Waals surface area (Å²) in [7, 11) is 0. The molecule has 0 atom stereocenters. The summed E-state index contributed by atoms with van der Waals surface area (Å²) < 4.78 is 43.6. The summed E-state index contributed by atoms with van der Waals surface area (Å²) in [6.07, 6.45) is -3.26. The lowest BCUT2D eigenvalue weighted by Crippen LogP contribution is -2.14. The highest BCUT2D eigenvalue weighted by atomic mass is 35.5. The molecule has 0 heterocycles. The van der Waals surface area contributed by atoms with E-state index < -0.39 is 17.6 Å². The molecule has 2 rings (SSSR count). The van der Waals surface area contributed by atoms with Gasteiger partial charge in [-0.1, -0.05) is 17.7 Å². The number of anilines is 1. The van der Waals surface area contributed by atoms with Crippen molar-refractivity contribution in [3.05, 3.63) is 64.2 Å². The lowest BCUT2D eigenvalue weighted by molar-refractivity contribution is -0.137. The number of carbonyl (C=O) groups is 1. The number of hydrogen-bond donors (Lipinski definition) is 1. The van der Waals surface area contributed by atoms with Gasteiger partial charge in [0, 0.05) is 10.7 Å². The molecular formula is C19H14ClF3N2O2. The second-order valence-corrected chi connectivity index (χ2v) is 5.79. The first-order valence-corrected chi connectivity index (χ1v) is 8.14. The molecule has 4 nitrogen and oxygen atoms in total. The predicted molar refractivity (Wildman–Crippen MR) is 96.3 cm³/mol. The third-order valence-electron chi connectivity index (χ3n) is 3.33. The minimum Gasteiger partial charge on any atom is -0.494 e. The summed E-state index contributed by atoms with van der Waals surface area (Å²) in [5, 5.41) is 11.9. The van der Waals surface area contributed by atoms with Gasteiger partial charge in [0.15, 0.2) is 0 Å². The Balaban J connectivity index is 2.26. The van der Waals surface area contributed by atoms with Crippen LogP contribution in [-0.2, 0) is 11.0 Å². The van der Waals surface area contributed by atoms with Crippen LogP contribution in [0.25, 0.3) is 6.08 Å². The lowest BCUT2D eigenvalue weighted by Gasteiger charge is -2.10. The highest BCUT2D eigenvalue weighted by molar-refractivity contribution is 6.30. The number of hydrogen-bond acceptors (Lipinski definition) is 3. The van der Waals surface area contributed by atoms with Gasteiger partial charge in [0.2, 0.25) is 0 Å². The van der Waals surface area contributed by atoms with Crippen molar-refractivity contribution in [2.24, 2.45) is 0 Å². The summed E-state index contributed by atoms with van der Waals surface area (Å²) in [6.45, 7) is 2.20. The molecule has 2 aromatic rings. The van der Waals surface area contributed by atoms with Gasteiger partial charge in [0.1, 0.15) is 17.4 Å². The molecule has 0 aliphatic heterocycles. The molecule has 0 aromatic heterocycles. The molecule has 0 spiro atoms. The molecule has 0 aliphatic rings. The first kappa shape index (κ1) is 20.3. The van der Waals surface area contributed by atoms with Gasteiger partial charge in [0.25, 0.3) is 5.91 Å². The van der Waals surface area contributed by atoms with Gasteiger partial charge in [-0.25, -0.2) is 0 Å². The van der Waals surface area contributed by atoms with E-state index in [2.05, 4.69) is 5.32 Å². The van der Waals surface area contributed by atoms with E-state index in [1.165, 1.54) is 24.3 Å².